The zero-order valence-electron chi connectivity index (χ0n) is 19.1. The number of piperidine rings is 1. The summed E-state index contributed by atoms with van der Waals surface area (Å²) in [6, 6.07) is 19.7. The van der Waals surface area contributed by atoms with E-state index in [9.17, 15) is 9.59 Å². The van der Waals surface area contributed by atoms with Gasteiger partial charge in [-0.1, -0.05) is 60.5 Å². The molecule has 7 heteroatoms. The Morgan fingerprint density at radius 2 is 1.68 bits per heavy atom. The molecule has 6 nitrogen and oxygen atoms in total. The summed E-state index contributed by atoms with van der Waals surface area (Å²) in [5.41, 5.74) is 1.24. The maximum absolute atomic E-state index is 13.0. The minimum absolute atomic E-state index is 0.00728. The Morgan fingerprint density at radius 3 is 2.38 bits per heavy atom. The van der Waals surface area contributed by atoms with E-state index < -0.39 is 6.04 Å². The summed E-state index contributed by atoms with van der Waals surface area (Å²) < 4.78 is 5.68. The fourth-order valence-corrected chi connectivity index (χ4v) is 4.63. The second-order valence-electron chi connectivity index (χ2n) is 8.55. The highest BCUT2D eigenvalue weighted by Gasteiger charge is 2.26. The molecule has 1 fully saturated rings. The number of likely N-dealkylation sites (tertiary alicyclic amines) is 1. The molecule has 178 valence electrons. The predicted molar refractivity (Wildman–Crippen MR) is 133 cm³/mol. The second kappa shape index (κ2) is 11.9. The van der Waals surface area contributed by atoms with Crippen LogP contribution in [0.5, 0.6) is 0 Å². The molecule has 0 saturated carbocycles. The van der Waals surface area contributed by atoms with Crippen LogP contribution in [0, 0.1) is 0 Å². The van der Waals surface area contributed by atoms with Crippen LogP contribution in [0.1, 0.15) is 59.4 Å². The number of hydrogen-bond acceptors (Lipinski definition) is 4. The van der Waals surface area contributed by atoms with Crippen molar-refractivity contribution in [3.05, 3.63) is 94.9 Å². The monoisotopic (exact) mass is 479 g/mol. The quantitative estimate of drug-likeness (QED) is 0.445. The normalized spacial score (nSPS) is 15.9. The molecule has 4 rings (SSSR count). The lowest BCUT2D eigenvalue weighted by Crippen LogP contribution is -2.41. The maximum atomic E-state index is 13.0. The second-order valence-corrected chi connectivity index (χ2v) is 8.96. The molecule has 0 spiro atoms. The summed E-state index contributed by atoms with van der Waals surface area (Å²) >= 11 is 6.21. The van der Waals surface area contributed by atoms with Crippen LogP contribution in [0.2, 0.25) is 5.02 Å². The predicted octanol–water partition coefficient (Wildman–Crippen LogP) is 5.14. The number of nitrogens with zero attached hydrogens (tertiary/aromatic N) is 1. The Bertz CT molecular complexity index is 1070. The van der Waals surface area contributed by atoms with E-state index in [1.54, 1.807) is 30.5 Å². The molecule has 2 unspecified atom stereocenters. The first kappa shape index (κ1) is 24.0. The number of halogens is 1. The van der Waals surface area contributed by atoms with Crippen molar-refractivity contribution < 1.29 is 14.0 Å². The number of carbonyl (C=O) groups excluding carboxylic acids is 2. The SMILES string of the molecule is O=C(CC(NC(=O)c1ccccc1Cl)c1ccccc1)NCC(c1ccco1)N1CCCCC1. The van der Waals surface area contributed by atoms with Gasteiger partial charge in [0.1, 0.15) is 5.76 Å². The topological polar surface area (TPSA) is 74.6 Å². The molecule has 0 radical (unpaired) electrons. The molecule has 2 atom stereocenters. The maximum Gasteiger partial charge on any atom is 0.253 e. The zero-order chi connectivity index (χ0) is 23.8. The van der Waals surface area contributed by atoms with Crippen molar-refractivity contribution in [2.45, 2.75) is 37.8 Å². The molecule has 34 heavy (non-hydrogen) atoms. The van der Waals surface area contributed by atoms with E-state index in [2.05, 4.69) is 15.5 Å². The third kappa shape index (κ3) is 6.27. The molecule has 1 saturated heterocycles. The lowest BCUT2D eigenvalue weighted by Gasteiger charge is -2.33. The van der Waals surface area contributed by atoms with Gasteiger partial charge in [0.15, 0.2) is 0 Å². The van der Waals surface area contributed by atoms with Gasteiger partial charge in [0.25, 0.3) is 5.91 Å². The van der Waals surface area contributed by atoms with Gasteiger partial charge < -0.3 is 15.1 Å². The van der Waals surface area contributed by atoms with Crippen molar-refractivity contribution in [3.8, 4) is 0 Å². The molecule has 0 bridgehead atoms. The van der Waals surface area contributed by atoms with Crippen LogP contribution in [-0.4, -0.2) is 36.3 Å². The van der Waals surface area contributed by atoms with Crippen molar-refractivity contribution in [1.29, 1.82) is 0 Å². The summed E-state index contributed by atoms with van der Waals surface area (Å²) in [5.74, 6) is 0.407. The molecule has 2 amide bonds. The van der Waals surface area contributed by atoms with E-state index in [0.29, 0.717) is 17.1 Å². The Kier molecular flexibility index (Phi) is 8.39. The zero-order valence-corrected chi connectivity index (χ0v) is 19.8. The largest absolute Gasteiger partial charge is 0.468 e. The van der Waals surface area contributed by atoms with Gasteiger partial charge in [0.05, 0.1) is 35.4 Å². The number of amides is 2. The smallest absolute Gasteiger partial charge is 0.253 e. The number of furan rings is 1. The van der Waals surface area contributed by atoms with E-state index in [1.807, 2.05) is 42.5 Å². The average molecular weight is 480 g/mol. The molecular formula is C27H30ClN3O3. The van der Waals surface area contributed by atoms with Crippen molar-refractivity contribution in [2.75, 3.05) is 19.6 Å². The van der Waals surface area contributed by atoms with Crippen molar-refractivity contribution >= 4 is 23.4 Å². The molecule has 1 aliphatic rings. The highest BCUT2D eigenvalue weighted by Crippen LogP contribution is 2.25. The minimum atomic E-state index is -0.484. The van der Waals surface area contributed by atoms with E-state index in [0.717, 1.165) is 37.3 Å². The summed E-state index contributed by atoms with van der Waals surface area (Å²) in [5, 5.41) is 6.44. The molecule has 0 aliphatic carbocycles. The van der Waals surface area contributed by atoms with Crippen LogP contribution in [0.15, 0.2) is 77.4 Å². The van der Waals surface area contributed by atoms with Crippen LogP contribution in [0.3, 0.4) is 0 Å². The first-order valence-corrected chi connectivity index (χ1v) is 12.1. The molecule has 2 N–H and O–H groups in total. The number of benzene rings is 2. The van der Waals surface area contributed by atoms with Gasteiger partial charge in [-0.25, -0.2) is 0 Å². The highest BCUT2D eigenvalue weighted by atomic mass is 35.5. The van der Waals surface area contributed by atoms with Gasteiger partial charge in [-0.2, -0.15) is 0 Å². The van der Waals surface area contributed by atoms with E-state index in [1.165, 1.54) is 6.42 Å². The Hall–Kier alpha value is -3.09. The van der Waals surface area contributed by atoms with Crippen LogP contribution in [0.25, 0.3) is 0 Å². The van der Waals surface area contributed by atoms with Gasteiger partial charge >= 0.3 is 0 Å². The summed E-state index contributed by atoms with van der Waals surface area (Å²) in [6.45, 7) is 2.43. The van der Waals surface area contributed by atoms with Crippen molar-refractivity contribution in [1.82, 2.24) is 15.5 Å². The van der Waals surface area contributed by atoms with Gasteiger partial charge in [0, 0.05) is 6.54 Å². The lowest BCUT2D eigenvalue weighted by atomic mass is 10.0. The highest BCUT2D eigenvalue weighted by molar-refractivity contribution is 6.33. The summed E-state index contributed by atoms with van der Waals surface area (Å²) in [7, 11) is 0. The number of rotatable bonds is 9. The van der Waals surface area contributed by atoms with E-state index in [-0.39, 0.29) is 24.3 Å². The lowest BCUT2D eigenvalue weighted by molar-refractivity contribution is -0.121. The third-order valence-electron chi connectivity index (χ3n) is 6.21. The molecule has 2 heterocycles. The number of carbonyl (C=O) groups is 2. The summed E-state index contributed by atoms with van der Waals surface area (Å²) in [6.07, 6.45) is 5.32. The van der Waals surface area contributed by atoms with Gasteiger partial charge in [-0.3, -0.25) is 14.5 Å². The van der Waals surface area contributed by atoms with Crippen LogP contribution in [0.4, 0.5) is 0 Å². The van der Waals surface area contributed by atoms with Crippen LogP contribution in [-0.2, 0) is 4.79 Å². The van der Waals surface area contributed by atoms with Crippen LogP contribution < -0.4 is 10.6 Å². The molecule has 1 aliphatic heterocycles. The van der Waals surface area contributed by atoms with Gasteiger partial charge in [-0.15, -0.1) is 0 Å². The first-order chi connectivity index (χ1) is 16.6. The molecule has 2 aromatic carbocycles. The van der Waals surface area contributed by atoms with Crippen molar-refractivity contribution in [2.24, 2.45) is 0 Å². The molecule has 3 aromatic rings. The average Bonchev–Trinajstić information content (AvgIpc) is 3.40. The molecule has 1 aromatic heterocycles. The first-order valence-electron chi connectivity index (χ1n) is 11.8. The van der Waals surface area contributed by atoms with E-state index >= 15 is 0 Å². The Balaban J connectivity index is 1.43. The van der Waals surface area contributed by atoms with Crippen molar-refractivity contribution in [3.63, 3.8) is 0 Å². The third-order valence-corrected chi connectivity index (χ3v) is 6.54. The minimum Gasteiger partial charge on any atom is -0.468 e. The fourth-order valence-electron chi connectivity index (χ4n) is 4.41. The number of hydrogen-bond donors (Lipinski definition) is 2. The van der Waals surface area contributed by atoms with Gasteiger partial charge in [-0.05, 0) is 55.8 Å². The fraction of sp³-hybridized carbons (Fsp3) is 0.333. The van der Waals surface area contributed by atoms with Gasteiger partial charge in [0.2, 0.25) is 5.91 Å². The van der Waals surface area contributed by atoms with E-state index in [4.69, 9.17) is 16.0 Å². The van der Waals surface area contributed by atoms with Crippen LogP contribution >= 0.6 is 11.6 Å². The standard InChI is InChI=1S/C27H30ClN3O3/c28-22-13-6-5-12-21(22)27(33)30-23(20-10-3-1-4-11-20)18-26(32)29-19-24(25-14-9-17-34-25)31-15-7-2-8-16-31/h1,3-6,9-14,17,23-24H,2,7-8,15-16,18-19H2,(H,29,32)(H,30,33). The summed E-state index contributed by atoms with van der Waals surface area (Å²) in [4.78, 5) is 28.3. The Labute approximate surface area is 205 Å². The Morgan fingerprint density at radius 1 is 0.941 bits per heavy atom. The number of nitrogens with one attached hydrogen (secondary N) is 2. The molecular weight excluding hydrogens is 450 g/mol.